The summed E-state index contributed by atoms with van der Waals surface area (Å²) in [6, 6.07) is 8.27. The van der Waals surface area contributed by atoms with Gasteiger partial charge in [-0.2, -0.15) is 0 Å². The summed E-state index contributed by atoms with van der Waals surface area (Å²) in [6.07, 6.45) is 4.38. The van der Waals surface area contributed by atoms with E-state index in [4.69, 9.17) is 27.9 Å². The number of ether oxygens (including phenoxy) is 1. The second-order valence-corrected chi connectivity index (χ2v) is 4.94. The third kappa shape index (κ3) is 4.48. The SMILES string of the molecule is O=C(/C=C/c1ccc(Cl)c(Cl)c1)OCC(=O)c1ccc[nH]1. The fourth-order valence-electron chi connectivity index (χ4n) is 1.55. The maximum absolute atomic E-state index is 11.6. The second-order valence-electron chi connectivity index (χ2n) is 4.12. The smallest absolute Gasteiger partial charge is 0.331 e. The molecular weight excluding hydrogens is 313 g/mol. The van der Waals surface area contributed by atoms with Crippen molar-refractivity contribution >= 4 is 41.0 Å². The number of hydrogen-bond donors (Lipinski definition) is 1. The van der Waals surface area contributed by atoms with Crippen LogP contribution in [0.5, 0.6) is 0 Å². The van der Waals surface area contributed by atoms with Crippen LogP contribution in [-0.2, 0) is 9.53 Å². The van der Waals surface area contributed by atoms with Crippen LogP contribution in [0.1, 0.15) is 16.1 Å². The number of esters is 1. The molecular formula is C15H11Cl2NO3. The minimum Gasteiger partial charge on any atom is -0.454 e. The van der Waals surface area contributed by atoms with E-state index in [0.717, 1.165) is 0 Å². The number of carbonyl (C=O) groups excluding carboxylic acids is 2. The third-order valence-corrected chi connectivity index (χ3v) is 3.34. The Hall–Kier alpha value is -2.04. The number of nitrogens with one attached hydrogen (secondary N) is 1. The van der Waals surface area contributed by atoms with Crippen LogP contribution in [-0.4, -0.2) is 23.3 Å². The first-order valence-electron chi connectivity index (χ1n) is 6.03. The zero-order chi connectivity index (χ0) is 15.2. The van der Waals surface area contributed by atoms with Crippen molar-refractivity contribution in [1.82, 2.24) is 4.98 Å². The number of H-pyrrole nitrogens is 1. The fraction of sp³-hybridized carbons (Fsp3) is 0.0667. The van der Waals surface area contributed by atoms with Crippen LogP contribution in [0, 0.1) is 0 Å². The van der Waals surface area contributed by atoms with Gasteiger partial charge in [0.25, 0.3) is 0 Å². The van der Waals surface area contributed by atoms with Crippen molar-refractivity contribution < 1.29 is 14.3 Å². The number of benzene rings is 1. The third-order valence-electron chi connectivity index (χ3n) is 2.60. The second kappa shape index (κ2) is 7.11. The largest absolute Gasteiger partial charge is 0.454 e. The molecule has 0 aliphatic heterocycles. The average Bonchev–Trinajstić information content (AvgIpc) is 3.00. The molecule has 0 saturated heterocycles. The summed E-state index contributed by atoms with van der Waals surface area (Å²) in [7, 11) is 0. The van der Waals surface area contributed by atoms with E-state index in [-0.39, 0.29) is 12.4 Å². The minimum absolute atomic E-state index is 0.295. The fourth-order valence-corrected chi connectivity index (χ4v) is 1.85. The van der Waals surface area contributed by atoms with Crippen LogP contribution in [0.25, 0.3) is 6.08 Å². The van der Waals surface area contributed by atoms with Gasteiger partial charge in [0, 0.05) is 12.3 Å². The molecule has 1 N–H and O–H groups in total. The van der Waals surface area contributed by atoms with E-state index in [1.165, 1.54) is 12.2 Å². The minimum atomic E-state index is -0.610. The van der Waals surface area contributed by atoms with Gasteiger partial charge < -0.3 is 9.72 Å². The zero-order valence-corrected chi connectivity index (χ0v) is 12.3. The van der Waals surface area contributed by atoms with E-state index < -0.39 is 5.97 Å². The molecule has 0 atom stereocenters. The molecule has 0 aliphatic carbocycles. The molecule has 108 valence electrons. The lowest BCUT2D eigenvalue weighted by molar-refractivity contribution is -0.136. The normalized spacial score (nSPS) is 10.8. The van der Waals surface area contributed by atoms with Gasteiger partial charge in [-0.1, -0.05) is 29.3 Å². The van der Waals surface area contributed by atoms with E-state index in [2.05, 4.69) is 4.98 Å². The molecule has 0 aliphatic rings. The number of aromatic nitrogens is 1. The summed E-state index contributed by atoms with van der Waals surface area (Å²) >= 11 is 11.6. The predicted molar refractivity (Wildman–Crippen MR) is 81.6 cm³/mol. The quantitative estimate of drug-likeness (QED) is 0.517. The number of Topliss-reactive ketones (excluding diaryl/α,β-unsaturated/α-hetero) is 1. The van der Waals surface area contributed by atoms with E-state index in [1.807, 2.05) is 0 Å². The summed E-state index contributed by atoms with van der Waals surface area (Å²) in [5.74, 6) is -0.905. The summed E-state index contributed by atoms with van der Waals surface area (Å²) in [6.45, 7) is -0.314. The highest BCUT2D eigenvalue weighted by molar-refractivity contribution is 6.42. The zero-order valence-electron chi connectivity index (χ0n) is 10.8. The van der Waals surface area contributed by atoms with E-state index in [1.54, 1.807) is 36.5 Å². The monoisotopic (exact) mass is 323 g/mol. The molecule has 21 heavy (non-hydrogen) atoms. The van der Waals surface area contributed by atoms with Gasteiger partial charge in [0.05, 0.1) is 15.7 Å². The number of hydrogen-bond acceptors (Lipinski definition) is 3. The van der Waals surface area contributed by atoms with E-state index in [9.17, 15) is 9.59 Å². The first kappa shape index (κ1) is 15.4. The Morgan fingerprint density at radius 2 is 2.00 bits per heavy atom. The van der Waals surface area contributed by atoms with Crippen molar-refractivity contribution in [2.75, 3.05) is 6.61 Å². The van der Waals surface area contributed by atoms with Crippen LogP contribution in [0.2, 0.25) is 10.0 Å². The lowest BCUT2D eigenvalue weighted by Crippen LogP contribution is -2.12. The topological polar surface area (TPSA) is 59.2 Å². The first-order chi connectivity index (χ1) is 10.1. The maximum atomic E-state index is 11.6. The van der Waals surface area contributed by atoms with Gasteiger partial charge in [0.1, 0.15) is 0 Å². The molecule has 1 aromatic heterocycles. The van der Waals surface area contributed by atoms with Crippen molar-refractivity contribution in [2.24, 2.45) is 0 Å². The Morgan fingerprint density at radius 3 is 2.67 bits per heavy atom. The first-order valence-corrected chi connectivity index (χ1v) is 6.78. The molecule has 0 spiro atoms. The van der Waals surface area contributed by atoms with Crippen LogP contribution >= 0.6 is 23.2 Å². The number of aromatic amines is 1. The summed E-state index contributed by atoms with van der Waals surface area (Å²) in [4.78, 5) is 25.9. The Morgan fingerprint density at radius 1 is 1.19 bits per heavy atom. The van der Waals surface area contributed by atoms with Crippen LogP contribution in [0.4, 0.5) is 0 Å². The predicted octanol–water partition coefficient (Wildman–Crippen LogP) is 3.76. The van der Waals surface area contributed by atoms with Crippen molar-refractivity contribution in [1.29, 1.82) is 0 Å². The highest BCUT2D eigenvalue weighted by Crippen LogP contribution is 2.23. The van der Waals surface area contributed by atoms with E-state index >= 15 is 0 Å². The van der Waals surface area contributed by atoms with Gasteiger partial charge in [-0.25, -0.2) is 4.79 Å². The molecule has 4 nitrogen and oxygen atoms in total. The standard InChI is InChI=1S/C15H11Cl2NO3/c16-11-5-3-10(8-12(11)17)4-6-15(20)21-9-14(19)13-2-1-7-18-13/h1-8,18H,9H2/b6-4+. The number of ketones is 1. The maximum Gasteiger partial charge on any atom is 0.331 e. The number of halogens is 2. The summed E-state index contributed by atoms with van der Waals surface area (Å²) < 4.78 is 4.85. The van der Waals surface area contributed by atoms with Gasteiger partial charge in [-0.15, -0.1) is 0 Å². The molecule has 0 saturated carbocycles. The summed E-state index contributed by atoms with van der Waals surface area (Å²) in [5.41, 5.74) is 1.10. The van der Waals surface area contributed by atoms with Gasteiger partial charge in [0.2, 0.25) is 5.78 Å². The molecule has 2 aromatic rings. The molecule has 0 unspecified atom stereocenters. The Kier molecular flexibility index (Phi) is 5.20. The number of carbonyl (C=O) groups is 2. The van der Waals surface area contributed by atoms with E-state index in [0.29, 0.717) is 21.3 Å². The van der Waals surface area contributed by atoms with Gasteiger partial charge in [-0.05, 0) is 35.9 Å². The van der Waals surface area contributed by atoms with Gasteiger partial charge >= 0.3 is 5.97 Å². The average molecular weight is 324 g/mol. The Labute approximate surface area is 131 Å². The molecule has 0 bridgehead atoms. The van der Waals surface area contributed by atoms with Crippen LogP contribution in [0.15, 0.2) is 42.6 Å². The Bertz CT molecular complexity index is 678. The van der Waals surface area contributed by atoms with Crippen molar-refractivity contribution in [2.45, 2.75) is 0 Å². The molecule has 0 amide bonds. The molecule has 6 heteroatoms. The highest BCUT2D eigenvalue weighted by atomic mass is 35.5. The van der Waals surface area contributed by atoms with Crippen molar-refractivity contribution in [3.05, 3.63) is 63.9 Å². The number of rotatable bonds is 5. The molecule has 0 fully saturated rings. The Balaban J connectivity index is 1.88. The molecule has 2 rings (SSSR count). The van der Waals surface area contributed by atoms with Crippen molar-refractivity contribution in [3.8, 4) is 0 Å². The summed E-state index contributed by atoms with van der Waals surface area (Å²) in [5, 5.41) is 0.835. The van der Waals surface area contributed by atoms with Crippen LogP contribution in [0.3, 0.4) is 0 Å². The van der Waals surface area contributed by atoms with Gasteiger partial charge in [-0.3, -0.25) is 4.79 Å². The van der Waals surface area contributed by atoms with Gasteiger partial charge in [0.15, 0.2) is 6.61 Å². The highest BCUT2D eigenvalue weighted by Gasteiger charge is 2.08. The lowest BCUT2D eigenvalue weighted by Gasteiger charge is -2.00. The van der Waals surface area contributed by atoms with Crippen LogP contribution < -0.4 is 0 Å². The molecule has 1 aromatic carbocycles. The lowest BCUT2D eigenvalue weighted by atomic mass is 10.2. The van der Waals surface area contributed by atoms with Crippen molar-refractivity contribution in [3.63, 3.8) is 0 Å². The molecule has 1 heterocycles. The molecule has 0 radical (unpaired) electrons.